The van der Waals surface area contributed by atoms with Crippen LogP contribution in [0, 0.1) is 6.92 Å². The lowest BCUT2D eigenvalue weighted by Crippen LogP contribution is -2.26. The quantitative estimate of drug-likeness (QED) is 0.873. The van der Waals surface area contributed by atoms with Crippen molar-refractivity contribution in [3.63, 3.8) is 0 Å². The number of nitrogens with one attached hydrogen (secondary N) is 1. The Bertz CT molecular complexity index is 560. The third kappa shape index (κ3) is 4.53. The normalized spacial score (nSPS) is 19.5. The summed E-state index contributed by atoms with van der Waals surface area (Å²) in [6.07, 6.45) is -1.17. The van der Waals surface area contributed by atoms with Gasteiger partial charge < -0.3 is 10.1 Å². The molecule has 1 N–H and O–H groups in total. The van der Waals surface area contributed by atoms with Crippen LogP contribution in [0.1, 0.15) is 36.9 Å². The smallest absolute Gasteiger partial charge is 0.392 e. The zero-order chi connectivity index (χ0) is 16.3. The molecular formula is C15H18ClF3N2O. The van der Waals surface area contributed by atoms with Crippen LogP contribution in [0.15, 0.2) is 23.5 Å². The van der Waals surface area contributed by atoms with Gasteiger partial charge in [-0.05, 0) is 18.6 Å². The van der Waals surface area contributed by atoms with Gasteiger partial charge in [-0.15, -0.1) is 0 Å². The zero-order valence-corrected chi connectivity index (χ0v) is 13.1. The highest BCUT2D eigenvalue weighted by Crippen LogP contribution is 2.29. The van der Waals surface area contributed by atoms with Gasteiger partial charge in [0.1, 0.15) is 5.75 Å². The Morgan fingerprint density at radius 3 is 2.77 bits per heavy atom. The standard InChI is InChI=1S/C15H18ClF3N2O/c1-9-5-12(10(2)13-6-11(16)7-20-13)21-8-14(9)22-4-3-15(17,18)19/h5,7-8,10,13,20H,3-4,6H2,1-2H3. The minimum absolute atomic E-state index is 0.135. The highest BCUT2D eigenvalue weighted by atomic mass is 35.5. The Morgan fingerprint density at radius 2 is 2.23 bits per heavy atom. The molecule has 0 amide bonds. The number of hydrogen-bond donors (Lipinski definition) is 1. The number of pyridine rings is 1. The van der Waals surface area contributed by atoms with Crippen LogP contribution in [0.2, 0.25) is 0 Å². The van der Waals surface area contributed by atoms with E-state index in [2.05, 4.69) is 10.3 Å². The summed E-state index contributed by atoms with van der Waals surface area (Å²) in [5.41, 5.74) is 1.63. The molecule has 0 aromatic carbocycles. The first-order chi connectivity index (χ1) is 10.3. The summed E-state index contributed by atoms with van der Waals surface area (Å²) in [7, 11) is 0. The van der Waals surface area contributed by atoms with Crippen LogP contribution in [-0.2, 0) is 0 Å². The van der Waals surface area contributed by atoms with Crippen molar-refractivity contribution in [3.05, 3.63) is 34.8 Å². The number of hydrogen-bond acceptors (Lipinski definition) is 3. The van der Waals surface area contributed by atoms with Gasteiger partial charge >= 0.3 is 6.18 Å². The molecule has 0 aliphatic carbocycles. The van der Waals surface area contributed by atoms with Crippen molar-refractivity contribution in [1.29, 1.82) is 0 Å². The van der Waals surface area contributed by atoms with Gasteiger partial charge in [0.25, 0.3) is 0 Å². The second-order valence-corrected chi connectivity index (χ2v) is 5.93. The summed E-state index contributed by atoms with van der Waals surface area (Å²) in [6, 6.07) is 2.03. The summed E-state index contributed by atoms with van der Waals surface area (Å²) >= 11 is 5.96. The van der Waals surface area contributed by atoms with Crippen LogP contribution in [0.5, 0.6) is 5.75 Å². The monoisotopic (exact) mass is 334 g/mol. The van der Waals surface area contributed by atoms with Crippen molar-refractivity contribution >= 4 is 11.6 Å². The average molecular weight is 335 g/mol. The van der Waals surface area contributed by atoms with E-state index in [-0.39, 0.29) is 12.0 Å². The third-order valence-corrected chi connectivity index (χ3v) is 3.93. The lowest BCUT2D eigenvalue weighted by molar-refractivity contribution is -0.139. The molecule has 7 heteroatoms. The molecule has 1 aliphatic heterocycles. The van der Waals surface area contributed by atoms with Gasteiger partial charge in [-0.1, -0.05) is 18.5 Å². The maximum Gasteiger partial charge on any atom is 0.392 e. The SMILES string of the molecule is Cc1cc(C(C)C2CC(Cl)=CN2)ncc1OCCC(F)(F)F. The van der Waals surface area contributed by atoms with Crippen LogP contribution >= 0.6 is 11.6 Å². The van der Waals surface area contributed by atoms with E-state index in [0.29, 0.717) is 5.75 Å². The molecule has 2 atom stereocenters. The van der Waals surface area contributed by atoms with E-state index < -0.39 is 19.2 Å². The van der Waals surface area contributed by atoms with Crippen LogP contribution in [0.25, 0.3) is 0 Å². The van der Waals surface area contributed by atoms with Gasteiger partial charge in [0.15, 0.2) is 0 Å². The molecule has 2 rings (SSSR count). The first-order valence-corrected chi connectivity index (χ1v) is 7.41. The molecule has 1 aromatic rings. The van der Waals surface area contributed by atoms with Gasteiger partial charge in [0, 0.05) is 35.3 Å². The summed E-state index contributed by atoms with van der Waals surface area (Å²) in [6.45, 7) is 3.44. The van der Waals surface area contributed by atoms with Crippen LogP contribution in [-0.4, -0.2) is 23.8 Å². The molecule has 122 valence electrons. The molecule has 22 heavy (non-hydrogen) atoms. The van der Waals surface area contributed by atoms with Crippen molar-refractivity contribution in [2.75, 3.05) is 6.61 Å². The maximum absolute atomic E-state index is 12.1. The molecule has 0 spiro atoms. The molecule has 0 saturated carbocycles. The topological polar surface area (TPSA) is 34.2 Å². The average Bonchev–Trinajstić information content (AvgIpc) is 2.85. The van der Waals surface area contributed by atoms with E-state index >= 15 is 0 Å². The first-order valence-electron chi connectivity index (χ1n) is 7.03. The molecule has 0 radical (unpaired) electrons. The maximum atomic E-state index is 12.1. The molecular weight excluding hydrogens is 317 g/mol. The summed E-state index contributed by atoms with van der Waals surface area (Å²) in [5, 5.41) is 3.98. The fourth-order valence-electron chi connectivity index (χ4n) is 2.29. The fraction of sp³-hybridized carbons (Fsp3) is 0.533. The minimum Gasteiger partial charge on any atom is -0.491 e. The Labute approximate surface area is 132 Å². The number of aryl methyl sites for hydroxylation is 1. The second-order valence-electron chi connectivity index (χ2n) is 5.45. The largest absolute Gasteiger partial charge is 0.491 e. The van der Waals surface area contributed by atoms with E-state index in [0.717, 1.165) is 22.7 Å². The van der Waals surface area contributed by atoms with E-state index in [4.69, 9.17) is 16.3 Å². The van der Waals surface area contributed by atoms with E-state index in [9.17, 15) is 13.2 Å². The Hall–Kier alpha value is -1.43. The van der Waals surface area contributed by atoms with Gasteiger partial charge in [-0.2, -0.15) is 13.2 Å². The molecule has 0 saturated heterocycles. The predicted octanol–water partition coefficient (Wildman–Crippen LogP) is 4.27. The van der Waals surface area contributed by atoms with E-state index in [1.54, 1.807) is 13.1 Å². The number of halogens is 4. The number of nitrogens with zero attached hydrogens (tertiary/aromatic N) is 1. The molecule has 0 fully saturated rings. The van der Waals surface area contributed by atoms with Crippen molar-refractivity contribution in [3.8, 4) is 5.75 Å². The van der Waals surface area contributed by atoms with E-state index in [1.165, 1.54) is 6.20 Å². The summed E-state index contributed by atoms with van der Waals surface area (Å²) in [4.78, 5) is 4.31. The van der Waals surface area contributed by atoms with Crippen molar-refractivity contribution < 1.29 is 17.9 Å². The van der Waals surface area contributed by atoms with Crippen LogP contribution in [0.3, 0.4) is 0 Å². The summed E-state index contributed by atoms with van der Waals surface area (Å²) < 4.78 is 41.5. The van der Waals surface area contributed by atoms with Crippen LogP contribution < -0.4 is 10.1 Å². The highest BCUT2D eigenvalue weighted by Gasteiger charge is 2.27. The molecule has 1 aromatic heterocycles. The third-order valence-electron chi connectivity index (χ3n) is 3.67. The lowest BCUT2D eigenvalue weighted by atomic mass is 9.95. The second kappa shape index (κ2) is 6.77. The highest BCUT2D eigenvalue weighted by molar-refractivity contribution is 6.29. The van der Waals surface area contributed by atoms with Crippen molar-refractivity contribution in [2.45, 2.75) is 44.8 Å². The molecule has 1 aliphatic rings. The van der Waals surface area contributed by atoms with Crippen molar-refractivity contribution in [1.82, 2.24) is 10.3 Å². The lowest BCUT2D eigenvalue weighted by Gasteiger charge is -2.20. The Balaban J connectivity index is 1.97. The molecule has 3 nitrogen and oxygen atoms in total. The number of aromatic nitrogens is 1. The molecule has 2 unspecified atom stereocenters. The first kappa shape index (κ1) is 16.9. The Morgan fingerprint density at radius 1 is 1.50 bits per heavy atom. The Kier molecular flexibility index (Phi) is 5.21. The van der Waals surface area contributed by atoms with Crippen molar-refractivity contribution in [2.24, 2.45) is 0 Å². The molecule has 0 bridgehead atoms. The number of ether oxygens (including phenoxy) is 1. The summed E-state index contributed by atoms with van der Waals surface area (Å²) in [5.74, 6) is 0.520. The van der Waals surface area contributed by atoms with Gasteiger partial charge in [0.05, 0.1) is 19.2 Å². The van der Waals surface area contributed by atoms with Crippen LogP contribution in [0.4, 0.5) is 13.2 Å². The fourth-order valence-corrected chi connectivity index (χ4v) is 2.52. The zero-order valence-electron chi connectivity index (χ0n) is 12.4. The number of rotatable bonds is 5. The molecule has 2 heterocycles. The minimum atomic E-state index is -4.21. The predicted molar refractivity (Wildman–Crippen MR) is 79.0 cm³/mol. The van der Waals surface area contributed by atoms with Gasteiger partial charge in [-0.25, -0.2) is 0 Å². The number of alkyl halides is 3. The van der Waals surface area contributed by atoms with Gasteiger partial charge in [0.2, 0.25) is 0 Å². The van der Waals surface area contributed by atoms with Gasteiger partial charge in [-0.3, -0.25) is 4.98 Å². The van der Waals surface area contributed by atoms with E-state index in [1.807, 2.05) is 13.0 Å².